The number of sulfonamides is 1. The molecule has 0 spiro atoms. The van der Waals surface area contributed by atoms with Gasteiger partial charge in [0.1, 0.15) is 0 Å². The number of para-hydroxylation sites is 1. The maximum Gasteiger partial charge on any atom is 0.262 e. The minimum Gasteiger partial charge on any atom is -0.398 e. The predicted octanol–water partition coefficient (Wildman–Crippen LogP) is 3.65. The van der Waals surface area contributed by atoms with Gasteiger partial charge >= 0.3 is 0 Å². The molecule has 0 saturated heterocycles. The Hall–Kier alpha value is -1.72. The molecule has 0 saturated carbocycles. The molecule has 112 valence electrons. The topological polar surface area (TPSA) is 72.2 Å². The van der Waals surface area contributed by atoms with E-state index in [-0.39, 0.29) is 4.90 Å². The average Bonchev–Trinajstić information content (AvgIpc) is 2.40. The molecule has 0 fully saturated rings. The molecule has 2 aromatic carbocycles. The summed E-state index contributed by atoms with van der Waals surface area (Å²) in [5, 5.41) is 0.330. The Kier molecular flexibility index (Phi) is 4.16. The Morgan fingerprint density at radius 1 is 1.10 bits per heavy atom. The van der Waals surface area contributed by atoms with Gasteiger partial charge in [0.2, 0.25) is 0 Å². The van der Waals surface area contributed by atoms with E-state index < -0.39 is 10.0 Å². The van der Waals surface area contributed by atoms with Gasteiger partial charge in [0.05, 0.1) is 10.6 Å². The summed E-state index contributed by atoms with van der Waals surface area (Å²) in [7, 11) is -3.73. The SMILES string of the molecule is Cc1cccc(C)c1NS(=O)(=O)c1cc(N)c(C)c(Cl)c1. The monoisotopic (exact) mass is 324 g/mol. The van der Waals surface area contributed by atoms with Crippen molar-refractivity contribution in [2.45, 2.75) is 25.7 Å². The number of anilines is 2. The Labute approximate surface area is 130 Å². The standard InChI is InChI=1S/C15H17ClN2O2S/c1-9-5-4-6-10(2)15(9)18-21(19,20)12-7-13(16)11(3)14(17)8-12/h4-8,18H,17H2,1-3H3. The molecular weight excluding hydrogens is 308 g/mol. The van der Waals surface area contributed by atoms with Crippen molar-refractivity contribution < 1.29 is 8.42 Å². The van der Waals surface area contributed by atoms with Gasteiger partial charge in [0, 0.05) is 10.7 Å². The summed E-state index contributed by atoms with van der Waals surface area (Å²) in [4.78, 5) is 0.0539. The number of benzene rings is 2. The summed E-state index contributed by atoms with van der Waals surface area (Å²) in [6, 6.07) is 8.40. The fourth-order valence-electron chi connectivity index (χ4n) is 2.00. The molecule has 2 aromatic rings. The van der Waals surface area contributed by atoms with Crippen molar-refractivity contribution in [2.75, 3.05) is 10.5 Å². The molecule has 0 unspecified atom stereocenters. The maximum atomic E-state index is 12.5. The maximum absolute atomic E-state index is 12.5. The van der Waals surface area contributed by atoms with Gasteiger partial charge in [-0.3, -0.25) is 4.72 Å². The number of hydrogen-bond donors (Lipinski definition) is 2. The van der Waals surface area contributed by atoms with Gasteiger partial charge in [-0.2, -0.15) is 0 Å². The Bertz CT molecular complexity index is 758. The number of hydrogen-bond acceptors (Lipinski definition) is 3. The molecule has 4 nitrogen and oxygen atoms in total. The van der Waals surface area contributed by atoms with Crippen molar-refractivity contribution in [3.8, 4) is 0 Å². The molecule has 0 bridgehead atoms. The highest BCUT2D eigenvalue weighted by Crippen LogP contribution is 2.28. The summed E-state index contributed by atoms with van der Waals surface area (Å²) in [6.45, 7) is 5.44. The third-order valence-electron chi connectivity index (χ3n) is 3.39. The normalized spacial score (nSPS) is 11.4. The molecule has 0 atom stereocenters. The molecule has 0 amide bonds. The Balaban J connectivity index is 2.49. The molecule has 21 heavy (non-hydrogen) atoms. The van der Waals surface area contributed by atoms with Crippen LogP contribution in [0.4, 0.5) is 11.4 Å². The van der Waals surface area contributed by atoms with E-state index in [1.807, 2.05) is 32.0 Å². The molecule has 0 aliphatic rings. The van der Waals surface area contributed by atoms with Crippen LogP contribution in [0.25, 0.3) is 0 Å². The third-order valence-corrected chi connectivity index (χ3v) is 5.11. The van der Waals surface area contributed by atoms with Crippen LogP contribution in [-0.4, -0.2) is 8.42 Å². The quantitative estimate of drug-likeness (QED) is 0.846. The van der Waals surface area contributed by atoms with Crippen LogP contribution >= 0.6 is 11.6 Å². The summed E-state index contributed by atoms with van der Waals surface area (Å²) in [6.07, 6.45) is 0. The lowest BCUT2D eigenvalue weighted by Crippen LogP contribution is -2.15. The van der Waals surface area contributed by atoms with E-state index in [4.69, 9.17) is 17.3 Å². The van der Waals surface area contributed by atoms with Crippen molar-refractivity contribution in [3.63, 3.8) is 0 Å². The lowest BCUT2D eigenvalue weighted by molar-refractivity contribution is 0.601. The minimum atomic E-state index is -3.73. The van der Waals surface area contributed by atoms with E-state index in [0.717, 1.165) is 11.1 Å². The van der Waals surface area contributed by atoms with Crippen molar-refractivity contribution in [1.82, 2.24) is 0 Å². The second kappa shape index (κ2) is 5.58. The number of rotatable bonds is 3. The molecule has 0 aliphatic heterocycles. The lowest BCUT2D eigenvalue weighted by Gasteiger charge is -2.14. The van der Waals surface area contributed by atoms with Gasteiger partial charge in [0.25, 0.3) is 10.0 Å². The molecule has 0 radical (unpaired) electrons. The van der Waals surface area contributed by atoms with Crippen LogP contribution in [0, 0.1) is 20.8 Å². The average molecular weight is 325 g/mol. The van der Waals surface area contributed by atoms with Crippen LogP contribution in [0.1, 0.15) is 16.7 Å². The highest BCUT2D eigenvalue weighted by Gasteiger charge is 2.18. The first-order valence-corrected chi connectivity index (χ1v) is 8.23. The van der Waals surface area contributed by atoms with Crippen molar-refractivity contribution in [3.05, 3.63) is 52.0 Å². The van der Waals surface area contributed by atoms with E-state index in [1.165, 1.54) is 12.1 Å². The van der Waals surface area contributed by atoms with Crippen LogP contribution in [0.5, 0.6) is 0 Å². The summed E-state index contributed by atoms with van der Waals surface area (Å²) in [5.41, 5.74) is 9.09. The Morgan fingerprint density at radius 3 is 2.19 bits per heavy atom. The predicted molar refractivity (Wildman–Crippen MR) is 87.3 cm³/mol. The van der Waals surface area contributed by atoms with Crippen molar-refractivity contribution >= 4 is 33.0 Å². The summed E-state index contributed by atoms with van der Waals surface area (Å²) in [5.74, 6) is 0. The van der Waals surface area contributed by atoms with Crippen LogP contribution < -0.4 is 10.5 Å². The second-order valence-electron chi connectivity index (χ2n) is 4.99. The molecule has 3 N–H and O–H groups in total. The van der Waals surface area contributed by atoms with Crippen LogP contribution in [-0.2, 0) is 10.0 Å². The fourth-order valence-corrected chi connectivity index (χ4v) is 3.55. The van der Waals surface area contributed by atoms with E-state index in [0.29, 0.717) is 22.0 Å². The molecule has 6 heteroatoms. The van der Waals surface area contributed by atoms with Crippen molar-refractivity contribution in [1.29, 1.82) is 0 Å². The molecule has 0 aromatic heterocycles. The number of aryl methyl sites for hydroxylation is 2. The number of nitrogen functional groups attached to an aromatic ring is 1. The van der Waals surface area contributed by atoms with Crippen LogP contribution in [0.15, 0.2) is 35.2 Å². The zero-order valence-corrected chi connectivity index (χ0v) is 13.6. The van der Waals surface area contributed by atoms with Crippen molar-refractivity contribution in [2.24, 2.45) is 0 Å². The molecule has 0 heterocycles. The van der Waals surface area contributed by atoms with E-state index in [1.54, 1.807) is 6.92 Å². The van der Waals surface area contributed by atoms with Crippen LogP contribution in [0.3, 0.4) is 0 Å². The first-order valence-electron chi connectivity index (χ1n) is 6.37. The number of nitrogens with two attached hydrogens (primary N) is 1. The summed E-state index contributed by atoms with van der Waals surface area (Å²) < 4.78 is 27.6. The van der Waals surface area contributed by atoms with Crippen LogP contribution in [0.2, 0.25) is 5.02 Å². The first kappa shape index (κ1) is 15.7. The molecule has 2 rings (SSSR count). The highest BCUT2D eigenvalue weighted by atomic mass is 35.5. The third kappa shape index (κ3) is 3.14. The highest BCUT2D eigenvalue weighted by molar-refractivity contribution is 7.92. The lowest BCUT2D eigenvalue weighted by atomic mass is 10.1. The zero-order chi connectivity index (χ0) is 15.8. The van der Waals surface area contributed by atoms with E-state index in [2.05, 4.69) is 4.72 Å². The van der Waals surface area contributed by atoms with E-state index >= 15 is 0 Å². The molecule has 0 aliphatic carbocycles. The minimum absolute atomic E-state index is 0.0539. The fraction of sp³-hybridized carbons (Fsp3) is 0.200. The van der Waals surface area contributed by atoms with Gasteiger partial charge < -0.3 is 5.73 Å². The van der Waals surface area contributed by atoms with Gasteiger partial charge in [-0.05, 0) is 49.6 Å². The van der Waals surface area contributed by atoms with Gasteiger partial charge in [-0.1, -0.05) is 29.8 Å². The Morgan fingerprint density at radius 2 is 1.67 bits per heavy atom. The smallest absolute Gasteiger partial charge is 0.262 e. The van der Waals surface area contributed by atoms with Gasteiger partial charge in [0.15, 0.2) is 0 Å². The van der Waals surface area contributed by atoms with E-state index in [9.17, 15) is 8.42 Å². The number of halogens is 1. The molecular formula is C15H17ClN2O2S. The zero-order valence-electron chi connectivity index (χ0n) is 12.1. The largest absolute Gasteiger partial charge is 0.398 e. The number of nitrogens with one attached hydrogen (secondary N) is 1. The first-order chi connectivity index (χ1) is 9.72. The second-order valence-corrected chi connectivity index (χ2v) is 7.08. The van der Waals surface area contributed by atoms with Gasteiger partial charge in [-0.25, -0.2) is 8.42 Å². The van der Waals surface area contributed by atoms with Gasteiger partial charge in [-0.15, -0.1) is 0 Å². The summed E-state index contributed by atoms with van der Waals surface area (Å²) >= 11 is 6.02.